The Kier molecular flexibility index (Phi) is 29.2. The number of hydrogen-bond acceptors (Lipinski definition) is 7. The summed E-state index contributed by atoms with van der Waals surface area (Å²) in [4.78, 5) is 43.6. The molecule has 0 unspecified atom stereocenters. The van der Waals surface area contributed by atoms with E-state index in [0.717, 1.165) is 92.7 Å². The normalized spacial score (nSPS) is 10.4. The lowest BCUT2D eigenvalue weighted by Gasteiger charge is -2.15. The van der Waals surface area contributed by atoms with Crippen molar-refractivity contribution in [1.82, 2.24) is 0 Å². The maximum Gasteiger partial charge on any atom is 0.303 e. The molecule has 4 aromatic carbocycles. The third kappa shape index (κ3) is 25.7. The topological polar surface area (TPSA) is 188 Å². The molecular formula is C57H76O11. The molecule has 68 heavy (non-hydrogen) atoms. The van der Waals surface area contributed by atoms with Crippen molar-refractivity contribution in [3.05, 3.63) is 128 Å². The Balaban J connectivity index is 0.000000450. The highest BCUT2D eigenvalue weighted by Crippen LogP contribution is 2.28. The Labute approximate surface area is 405 Å². The highest BCUT2D eigenvalue weighted by molar-refractivity contribution is 5.68. The Morgan fingerprint density at radius 1 is 0.456 bits per heavy atom. The van der Waals surface area contributed by atoms with Crippen LogP contribution in [0.4, 0.5) is 0 Å². The number of rotatable bonds is 29. The monoisotopic (exact) mass is 937 g/mol. The predicted molar refractivity (Wildman–Crippen MR) is 269 cm³/mol. The molecule has 0 atom stereocenters. The highest BCUT2D eigenvalue weighted by Gasteiger charge is 2.14. The molecule has 0 saturated heterocycles. The second-order valence-electron chi connectivity index (χ2n) is 17.3. The number of benzene rings is 4. The van der Waals surface area contributed by atoms with Gasteiger partial charge in [0.05, 0.1) is 13.2 Å². The van der Waals surface area contributed by atoms with Crippen LogP contribution in [0, 0.1) is 39.5 Å². The average Bonchev–Trinajstić information content (AvgIpc) is 3.28. The number of aliphatic carboxylic acids is 4. The van der Waals surface area contributed by atoms with Gasteiger partial charge in [0.1, 0.15) is 11.5 Å². The highest BCUT2D eigenvalue weighted by atomic mass is 16.5. The van der Waals surface area contributed by atoms with E-state index in [1.54, 1.807) is 0 Å². The average molecular weight is 937 g/mol. The summed E-state index contributed by atoms with van der Waals surface area (Å²) in [5, 5.41) is 42.8. The van der Waals surface area contributed by atoms with Crippen molar-refractivity contribution in [2.45, 2.75) is 156 Å². The van der Waals surface area contributed by atoms with E-state index in [-0.39, 0.29) is 25.7 Å². The molecule has 11 nitrogen and oxygen atoms in total. The van der Waals surface area contributed by atoms with Gasteiger partial charge >= 0.3 is 23.9 Å². The fraction of sp³-hybridized carbons (Fsp3) is 0.474. The summed E-state index contributed by atoms with van der Waals surface area (Å²) in [5.74, 6) is 4.51. The molecule has 0 spiro atoms. The minimum Gasteiger partial charge on any atom is -0.493 e. The van der Waals surface area contributed by atoms with Crippen molar-refractivity contribution in [3.8, 4) is 23.3 Å². The summed E-state index contributed by atoms with van der Waals surface area (Å²) < 4.78 is 11.6. The number of unbranched alkanes of at least 4 members (excludes halogenated alkanes) is 7. The molecule has 5 N–H and O–H groups in total. The largest absolute Gasteiger partial charge is 0.493 e. The van der Waals surface area contributed by atoms with Crippen molar-refractivity contribution in [2.75, 3.05) is 20.3 Å². The van der Waals surface area contributed by atoms with Gasteiger partial charge in [0, 0.05) is 44.8 Å². The molecule has 0 aliphatic rings. The molecule has 0 saturated carbocycles. The number of carbonyl (C=O) groups is 4. The Bertz CT molecular complexity index is 2170. The minimum atomic E-state index is -0.850. The van der Waals surface area contributed by atoms with Crippen LogP contribution in [0.1, 0.15) is 152 Å². The Hall–Kier alpha value is -6.12. The fourth-order valence-corrected chi connectivity index (χ4v) is 8.11. The van der Waals surface area contributed by atoms with E-state index in [1.165, 1.54) is 47.1 Å². The van der Waals surface area contributed by atoms with Gasteiger partial charge < -0.3 is 35.0 Å². The summed E-state index contributed by atoms with van der Waals surface area (Å²) in [7, 11) is 1.00. The summed E-state index contributed by atoms with van der Waals surface area (Å²) in [6.45, 7) is 9.08. The number of aryl methyl sites for hydroxylation is 7. The third-order valence-electron chi connectivity index (χ3n) is 11.1. The molecule has 4 rings (SSSR count). The second kappa shape index (κ2) is 34.2. The van der Waals surface area contributed by atoms with E-state index in [2.05, 4.69) is 82.0 Å². The van der Waals surface area contributed by atoms with E-state index in [0.29, 0.717) is 50.4 Å². The van der Waals surface area contributed by atoms with E-state index in [9.17, 15) is 19.2 Å². The summed E-state index contributed by atoms with van der Waals surface area (Å²) in [6, 6.07) is 24.8. The minimum absolute atomic E-state index is 0.0382. The lowest BCUT2D eigenvalue weighted by atomic mass is 9.96. The van der Waals surface area contributed by atoms with Gasteiger partial charge in [-0.3, -0.25) is 19.2 Å². The zero-order valence-electron chi connectivity index (χ0n) is 41.2. The van der Waals surface area contributed by atoms with Crippen LogP contribution >= 0.6 is 0 Å². The van der Waals surface area contributed by atoms with E-state index < -0.39 is 23.9 Å². The maximum atomic E-state index is 11.1. The first-order valence-electron chi connectivity index (χ1n) is 24.1. The van der Waals surface area contributed by atoms with Crippen LogP contribution in [-0.2, 0) is 51.3 Å². The standard InChI is InChI=1S/C28H38O5.C28H34O5.CH4O/c2*1-21-18-22(2)20-23(19-21)10-6-4-3-5-7-11-24-12-8-13-26(25(24)15-16-28(31)32)33-17-9-14-27(29)30;1-2/h8,12-13,18-20H,3-7,9-11,14-17H2,1-2H3,(H,29,30)(H,31,32);8,12-13,18-20H,3-5,7,9,11,14-17H2,1-2H3,(H,29,30)(H,31,32);2H,1H3. The quantitative estimate of drug-likeness (QED) is 0.0257. The van der Waals surface area contributed by atoms with Gasteiger partial charge in [-0.25, -0.2) is 0 Å². The molecule has 0 bridgehead atoms. The van der Waals surface area contributed by atoms with Gasteiger partial charge in [-0.15, -0.1) is 0 Å². The Morgan fingerprint density at radius 3 is 1.29 bits per heavy atom. The molecule has 0 aliphatic heterocycles. The van der Waals surface area contributed by atoms with Crippen LogP contribution < -0.4 is 9.47 Å². The van der Waals surface area contributed by atoms with Crippen LogP contribution in [0.3, 0.4) is 0 Å². The predicted octanol–water partition coefficient (Wildman–Crippen LogP) is 11.6. The molecule has 0 heterocycles. The summed E-state index contributed by atoms with van der Waals surface area (Å²) >= 11 is 0. The van der Waals surface area contributed by atoms with E-state index in [4.69, 9.17) is 35.0 Å². The van der Waals surface area contributed by atoms with Crippen molar-refractivity contribution < 1.29 is 54.2 Å². The van der Waals surface area contributed by atoms with Crippen LogP contribution in [0.25, 0.3) is 0 Å². The fourth-order valence-electron chi connectivity index (χ4n) is 8.11. The molecule has 0 radical (unpaired) electrons. The van der Waals surface area contributed by atoms with Crippen LogP contribution in [0.2, 0.25) is 0 Å². The van der Waals surface area contributed by atoms with Gasteiger partial charge in [0.15, 0.2) is 0 Å². The smallest absolute Gasteiger partial charge is 0.303 e. The zero-order valence-corrected chi connectivity index (χ0v) is 41.2. The van der Waals surface area contributed by atoms with Crippen LogP contribution in [-0.4, -0.2) is 69.7 Å². The number of carboxylic acid groups (broad SMARTS) is 4. The van der Waals surface area contributed by atoms with Gasteiger partial charge in [-0.2, -0.15) is 0 Å². The number of ether oxygens (including phenoxy) is 2. The van der Waals surface area contributed by atoms with Crippen molar-refractivity contribution in [2.24, 2.45) is 0 Å². The lowest BCUT2D eigenvalue weighted by molar-refractivity contribution is -0.138. The maximum absolute atomic E-state index is 11.1. The number of aliphatic hydroxyl groups is 1. The molecule has 0 amide bonds. The lowest BCUT2D eigenvalue weighted by Crippen LogP contribution is -2.07. The van der Waals surface area contributed by atoms with Crippen LogP contribution in [0.15, 0.2) is 72.8 Å². The molecule has 11 heteroatoms. The third-order valence-corrected chi connectivity index (χ3v) is 11.1. The van der Waals surface area contributed by atoms with E-state index in [1.807, 2.05) is 30.3 Å². The first-order valence-corrected chi connectivity index (χ1v) is 24.1. The number of hydrogen-bond donors (Lipinski definition) is 5. The molecule has 0 fully saturated rings. The van der Waals surface area contributed by atoms with Gasteiger partial charge in [-0.05, 0) is 162 Å². The molecule has 4 aromatic rings. The summed E-state index contributed by atoms with van der Waals surface area (Å²) in [5.41, 5.74) is 11.7. The van der Waals surface area contributed by atoms with Crippen molar-refractivity contribution >= 4 is 23.9 Å². The van der Waals surface area contributed by atoms with Crippen molar-refractivity contribution in [1.29, 1.82) is 0 Å². The first kappa shape index (κ1) is 58.0. The second-order valence-corrected chi connectivity index (χ2v) is 17.3. The van der Waals surface area contributed by atoms with Crippen LogP contribution in [0.5, 0.6) is 11.5 Å². The number of aliphatic hydroxyl groups excluding tert-OH is 1. The number of carboxylic acids is 4. The van der Waals surface area contributed by atoms with E-state index >= 15 is 0 Å². The van der Waals surface area contributed by atoms with Crippen molar-refractivity contribution in [3.63, 3.8) is 0 Å². The molecule has 0 aromatic heterocycles. The summed E-state index contributed by atoms with van der Waals surface area (Å²) in [6.07, 6.45) is 14.5. The van der Waals surface area contributed by atoms with Gasteiger partial charge in [-0.1, -0.05) is 97.2 Å². The first-order chi connectivity index (χ1) is 32.7. The van der Waals surface area contributed by atoms with Gasteiger partial charge in [0.25, 0.3) is 0 Å². The zero-order chi connectivity index (χ0) is 50.1. The molecule has 0 aliphatic carbocycles. The Morgan fingerprint density at radius 2 is 0.853 bits per heavy atom. The SMILES string of the molecule is CO.Cc1cc(C)cc(C#CCCCCCc2cccc(OCCCC(=O)O)c2CCC(=O)O)c1.Cc1cc(C)cc(CCCCCCCc2cccc(OCCCC(=O)O)c2CCC(=O)O)c1. The molecular weight excluding hydrogens is 861 g/mol. The van der Waals surface area contributed by atoms with Gasteiger partial charge in [0.2, 0.25) is 0 Å². The molecule has 370 valence electrons.